The summed E-state index contributed by atoms with van der Waals surface area (Å²) in [5.74, 6) is 0.0307. The molecule has 1 N–H and O–H groups in total. The number of nitrogens with one attached hydrogen (secondary N) is 1. The number of hydrogen-bond acceptors (Lipinski definition) is 5. The lowest BCUT2D eigenvalue weighted by molar-refractivity contribution is -0.125. The molecule has 2 fully saturated rings. The van der Waals surface area contributed by atoms with Gasteiger partial charge in [-0.15, -0.1) is 0 Å². The first-order valence-electron chi connectivity index (χ1n) is 11.5. The molecule has 0 saturated carbocycles. The summed E-state index contributed by atoms with van der Waals surface area (Å²) in [6.07, 6.45) is 2.83. The van der Waals surface area contributed by atoms with Crippen molar-refractivity contribution in [2.45, 2.75) is 38.6 Å². The second-order valence-electron chi connectivity index (χ2n) is 8.61. The summed E-state index contributed by atoms with van der Waals surface area (Å²) in [5.41, 5.74) is 2.15. The van der Waals surface area contributed by atoms with Crippen LogP contribution in [0.2, 0.25) is 0 Å². The monoisotopic (exact) mass is 413 g/mol. The summed E-state index contributed by atoms with van der Waals surface area (Å²) in [4.78, 5) is 34.4. The van der Waals surface area contributed by atoms with E-state index in [1.807, 2.05) is 23.1 Å². The number of nitrogens with zero attached hydrogens (tertiary/aromatic N) is 4. The average Bonchev–Trinajstić information content (AvgIpc) is 3.26. The summed E-state index contributed by atoms with van der Waals surface area (Å²) in [6, 6.07) is 8.58. The molecule has 4 rings (SSSR count). The molecule has 0 bridgehead atoms. The molecule has 2 saturated heterocycles. The molecule has 1 atom stereocenters. The predicted octanol–water partition coefficient (Wildman–Crippen LogP) is 1.54. The Bertz CT molecular complexity index is 747. The first kappa shape index (κ1) is 21.1. The highest BCUT2D eigenvalue weighted by atomic mass is 16.2. The molecule has 30 heavy (non-hydrogen) atoms. The highest BCUT2D eigenvalue weighted by molar-refractivity contribution is 5.99. The summed E-state index contributed by atoms with van der Waals surface area (Å²) < 4.78 is 0. The van der Waals surface area contributed by atoms with Gasteiger partial charge in [0.15, 0.2) is 0 Å². The summed E-state index contributed by atoms with van der Waals surface area (Å²) >= 11 is 0. The van der Waals surface area contributed by atoms with Gasteiger partial charge in [0, 0.05) is 71.2 Å². The molecule has 3 aliphatic rings. The molecule has 2 amide bonds. The third kappa shape index (κ3) is 4.78. The zero-order valence-electron chi connectivity index (χ0n) is 18.2. The fourth-order valence-corrected chi connectivity index (χ4v) is 4.95. The van der Waals surface area contributed by atoms with Gasteiger partial charge < -0.3 is 20.0 Å². The molecule has 1 aromatic carbocycles. The van der Waals surface area contributed by atoms with Crippen molar-refractivity contribution in [1.82, 2.24) is 15.1 Å². The normalized spacial score (nSPS) is 22.0. The van der Waals surface area contributed by atoms with Gasteiger partial charge in [-0.1, -0.05) is 19.1 Å². The number of carbonyl (C=O) groups is 2. The number of piperazine rings is 1. The Morgan fingerprint density at radius 2 is 1.73 bits per heavy atom. The van der Waals surface area contributed by atoms with Crippen molar-refractivity contribution in [3.8, 4) is 0 Å². The van der Waals surface area contributed by atoms with E-state index in [1.54, 1.807) is 0 Å². The molecule has 0 radical (unpaired) electrons. The van der Waals surface area contributed by atoms with Gasteiger partial charge in [0.1, 0.15) is 0 Å². The Morgan fingerprint density at radius 3 is 2.50 bits per heavy atom. The van der Waals surface area contributed by atoms with E-state index < -0.39 is 0 Å². The third-order valence-electron chi connectivity index (χ3n) is 6.78. The van der Waals surface area contributed by atoms with Crippen LogP contribution in [0.5, 0.6) is 0 Å². The van der Waals surface area contributed by atoms with Gasteiger partial charge in [-0.25, -0.2) is 0 Å². The largest absolute Gasteiger partial charge is 0.365 e. The van der Waals surface area contributed by atoms with Crippen molar-refractivity contribution >= 4 is 23.2 Å². The van der Waals surface area contributed by atoms with Crippen molar-refractivity contribution in [3.05, 3.63) is 24.3 Å². The van der Waals surface area contributed by atoms with Crippen LogP contribution in [-0.2, 0) is 9.59 Å². The summed E-state index contributed by atoms with van der Waals surface area (Å²) in [6.45, 7) is 11.0. The van der Waals surface area contributed by atoms with E-state index in [0.717, 1.165) is 70.2 Å². The SMILES string of the molecule is CCN1CCN(CCNC(=O)CCC(=O)N2CC3CCCN3c3ccccc32)CC1. The van der Waals surface area contributed by atoms with E-state index in [0.29, 0.717) is 12.6 Å². The van der Waals surface area contributed by atoms with Crippen LogP contribution in [0.15, 0.2) is 24.3 Å². The van der Waals surface area contributed by atoms with Crippen molar-refractivity contribution in [1.29, 1.82) is 0 Å². The number of rotatable bonds is 7. The third-order valence-corrected chi connectivity index (χ3v) is 6.78. The molecule has 7 heteroatoms. The van der Waals surface area contributed by atoms with Crippen LogP contribution < -0.4 is 15.1 Å². The van der Waals surface area contributed by atoms with Crippen molar-refractivity contribution < 1.29 is 9.59 Å². The van der Waals surface area contributed by atoms with Gasteiger partial charge in [-0.3, -0.25) is 14.5 Å². The smallest absolute Gasteiger partial charge is 0.227 e. The average molecular weight is 414 g/mol. The fourth-order valence-electron chi connectivity index (χ4n) is 4.95. The number of benzene rings is 1. The predicted molar refractivity (Wildman–Crippen MR) is 120 cm³/mol. The van der Waals surface area contributed by atoms with Gasteiger partial charge in [0.25, 0.3) is 0 Å². The minimum absolute atomic E-state index is 0.0247. The lowest BCUT2D eigenvalue weighted by atomic mass is 10.1. The number of hydrogen-bond donors (Lipinski definition) is 1. The summed E-state index contributed by atoms with van der Waals surface area (Å²) in [7, 11) is 0. The first-order chi connectivity index (χ1) is 14.7. The molecule has 164 valence electrons. The van der Waals surface area contributed by atoms with Crippen molar-refractivity contribution in [3.63, 3.8) is 0 Å². The highest BCUT2D eigenvalue weighted by Gasteiger charge is 2.35. The molecule has 0 aromatic heterocycles. The van der Waals surface area contributed by atoms with E-state index in [1.165, 1.54) is 6.42 Å². The summed E-state index contributed by atoms with van der Waals surface area (Å²) in [5, 5.41) is 3.00. The molecule has 7 nitrogen and oxygen atoms in total. The fraction of sp³-hybridized carbons (Fsp3) is 0.652. The number of anilines is 2. The lowest BCUT2D eigenvalue weighted by Crippen LogP contribution is -2.48. The molecular formula is C23H35N5O2. The first-order valence-corrected chi connectivity index (χ1v) is 11.5. The van der Waals surface area contributed by atoms with Gasteiger partial charge in [0.2, 0.25) is 11.8 Å². The van der Waals surface area contributed by atoms with E-state index >= 15 is 0 Å². The van der Waals surface area contributed by atoms with Crippen LogP contribution in [-0.4, -0.2) is 86.6 Å². The Hall–Kier alpha value is -2.12. The Kier molecular flexibility index (Phi) is 6.89. The zero-order valence-corrected chi connectivity index (χ0v) is 18.2. The molecule has 1 unspecified atom stereocenters. The minimum Gasteiger partial charge on any atom is -0.365 e. The maximum absolute atomic E-state index is 12.9. The van der Waals surface area contributed by atoms with E-state index in [9.17, 15) is 9.59 Å². The number of amides is 2. The van der Waals surface area contributed by atoms with Gasteiger partial charge in [0.05, 0.1) is 11.4 Å². The second kappa shape index (κ2) is 9.79. The highest BCUT2D eigenvalue weighted by Crippen LogP contribution is 2.39. The van der Waals surface area contributed by atoms with Crippen molar-refractivity contribution in [2.75, 3.05) is 68.7 Å². The maximum Gasteiger partial charge on any atom is 0.227 e. The standard InChI is InChI=1S/C23H35N5O2/c1-2-25-14-16-26(17-15-25)13-11-24-22(29)9-10-23(30)28-18-19-6-5-12-27(19)20-7-3-4-8-21(20)28/h3-4,7-8,19H,2,5-6,9-18H2,1H3,(H,24,29). The quantitative estimate of drug-likeness (QED) is 0.735. The number of carbonyl (C=O) groups excluding carboxylic acids is 2. The van der Waals surface area contributed by atoms with Crippen LogP contribution in [0.1, 0.15) is 32.6 Å². The van der Waals surface area contributed by atoms with E-state index in [2.05, 4.69) is 33.0 Å². The molecule has 3 heterocycles. The van der Waals surface area contributed by atoms with Crippen LogP contribution in [0.3, 0.4) is 0 Å². The van der Waals surface area contributed by atoms with Crippen LogP contribution in [0.25, 0.3) is 0 Å². The van der Waals surface area contributed by atoms with Gasteiger partial charge >= 0.3 is 0 Å². The number of likely N-dealkylation sites (N-methyl/N-ethyl adjacent to an activating group) is 1. The molecule has 0 aliphatic carbocycles. The molecule has 3 aliphatic heterocycles. The zero-order chi connectivity index (χ0) is 20.9. The van der Waals surface area contributed by atoms with Crippen LogP contribution in [0.4, 0.5) is 11.4 Å². The maximum atomic E-state index is 12.9. The van der Waals surface area contributed by atoms with Crippen LogP contribution in [0, 0.1) is 0 Å². The van der Waals surface area contributed by atoms with E-state index in [-0.39, 0.29) is 24.7 Å². The lowest BCUT2D eigenvalue weighted by Gasteiger charge is -2.40. The topological polar surface area (TPSA) is 59.1 Å². The number of fused-ring (bicyclic) bond motifs is 3. The Balaban J connectivity index is 1.22. The second-order valence-corrected chi connectivity index (χ2v) is 8.61. The van der Waals surface area contributed by atoms with Gasteiger partial charge in [-0.2, -0.15) is 0 Å². The van der Waals surface area contributed by atoms with Crippen molar-refractivity contribution in [2.24, 2.45) is 0 Å². The Labute approximate surface area is 180 Å². The minimum atomic E-state index is -0.0247. The molecule has 1 aromatic rings. The molecular weight excluding hydrogens is 378 g/mol. The molecule has 0 spiro atoms. The Morgan fingerprint density at radius 1 is 1.00 bits per heavy atom. The van der Waals surface area contributed by atoms with Gasteiger partial charge in [-0.05, 0) is 31.5 Å². The number of para-hydroxylation sites is 2. The van der Waals surface area contributed by atoms with E-state index in [4.69, 9.17) is 0 Å². The van der Waals surface area contributed by atoms with Crippen LogP contribution >= 0.6 is 0 Å².